The molecule has 1 atom stereocenters. The molecule has 0 amide bonds. The first-order valence-electron chi connectivity index (χ1n) is 6.76. The fourth-order valence-electron chi connectivity index (χ4n) is 2.11. The summed E-state index contributed by atoms with van der Waals surface area (Å²) in [7, 11) is 3.47. The van der Waals surface area contributed by atoms with E-state index in [9.17, 15) is 8.42 Å². The molecule has 7 nitrogen and oxygen atoms in total. The molecule has 1 aromatic heterocycles. The van der Waals surface area contributed by atoms with E-state index >= 15 is 0 Å². The van der Waals surface area contributed by atoms with Crippen LogP contribution in [0.15, 0.2) is 18.2 Å². The lowest BCUT2D eigenvalue weighted by atomic mass is 10.2. The smallest absolute Gasteiger partial charge is 0.281 e. The Kier molecular flexibility index (Phi) is 4.82. The van der Waals surface area contributed by atoms with Crippen LogP contribution in [0.2, 0.25) is 0 Å². The second-order valence-corrected chi connectivity index (χ2v) is 7.47. The molecule has 1 aliphatic heterocycles. The van der Waals surface area contributed by atoms with Gasteiger partial charge in [0.05, 0.1) is 12.3 Å². The van der Waals surface area contributed by atoms with Crippen LogP contribution >= 0.6 is 0 Å². The molecule has 0 N–H and O–H groups in total. The van der Waals surface area contributed by atoms with E-state index in [2.05, 4.69) is 4.98 Å². The number of morpholine rings is 1. The van der Waals surface area contributed by atoms with E-state index in [1.807, 2.05) is 37.2 Å². The Labute approximate surface area is 126 Å². The maximum atomic E-state index is 12.2. The van der Waals surface area contributed by atoms with Crippen LogP contribution in [0.25, 0.3) is 0 Å². The van der Waals surface area contributed by atoms with Crippen LogP contribution in [-0.4, -0.2) is 69.9 Å². The lowest BCUT2D eigenvalue weighted by Gasteiger charge is -2.33. The van der Waals surface area contributed by atoms with E-state index < -0.39 is 10.2 Å². The van der Waals surface area contributed by atoms with E-state index in [0.717, 1.165) is 11.5 Å². The zero-order chi connectivity index (χ0) is 15.6. The monoisotopic (exact) mass is 314 g/mol. The molecule has 0 saturated carbocycles. The van der Waals surface area contributed by atoms with Crippen molar-refractivity contribution in [2.75, 3.05) is 52.8 Å². The molecule has 0 radical (unpaired) electrons. The summed E-state index contributed by atoms with van der Waals surface area (Å²) in [5, 5.41) is 0. The highest BCUT2D eigenvalue weighted by molar-refractivity contribution is 7.86. The van der Waals surface area contributed by atoms with Crippen LogP contribution in [0.3, 0.4) is 0 Å². The third-order valence-corrected chi connectivity index (χ3v) is 5.27. The van der Waals surface area contributed by atoms with Gasteiger partial charge in [0.1, 0.15) is 11.9 Å². The van der Waals surface area contributed by atoms with Gasteiger partial charge in [0.25, 0.3) is 10.2 Å². The lowest BCUT2D eigenvalue weighted by molar-refractivity contribution is -0.00617. The van der Waals surface area contributed by atoms with Gasteiger partial charge in [0, 0.05) is 41.3 Å². The molecular weight excluding hydrogens is 292 g/mol. The van der Waals surface area contributed by atoms with Gasteiger partial charge < -0.3 is 9.64 Å². The molecule has 1 aliphatic rings. The summed E-state index contributed by atoms with van der Waals surface area (Å²) < 4.78 is 32.8. The summed E-state index contributed by atoms with van der Waals surface area (Å²) >= 11 is 0. The molecule has 0 spiro atoms. The van der Waals surface area contributed by atoms with E-state index in [4.69, 9.17) is 4.74 Å². The van der Waals surface area contributed by atoms with Crippen molar-refractivity contribution in [1.29, 1.82) is 0 Å². The molecule has 1 unspecified atom stereocenters. The quantitative estimate of drug-likeness (QED) is 0.801. The minimum atomic E-state index is -3.42. The van der Waals surface area contributed by atoms with Gasteiger partial charge in [-0.1, -0.05) is 6.07 Å². The fraction of sp³-hybridized carbons (Fsp3) is 0.615. The average molecular weight is 314 g/mol. The van der Waals surface area contributed by atoms with Crippen LogP contribution in [0.1, 0.15) is 11.8 Å². The van der Waals surface area contributed by atoms with Crippen molar-refractivity contribution < 1.29 is 13.2 Å². The fourth-order valence-corrected chi connectivity index (χ4v) is 3.20. The predicted octanol–water partition coefficient (Wildman–Crippen LogP) is 0.327. The molecule has 2 rings (SSSR count). The Hall–Kier alpha value is -1.22. The van der Waals surface area contributed by atoms with Crippen LogP contribution in [0.4, 0.5) is 5.82 Å². The van der Waals surface area contributed by atoms with E-state index in [1.165, 1.54) is 22.7 Å². The molecule has 118 valence electrons. The Morgan fingerprint density at radius 1 is 1.29 bits per heavy atom. The van der Waals surface area contributed by atoms with Crippen molar-refractivity contribution in [3.05, 3.63) is 23.9 Å². The van der Waals surface area contributed by atoms with E-state index in [0.29, 0.717) is 13.2 Å². The third kappa shape index (κ3) is 3.52. The largest absolute Gasteiger partial charge is 0.369 e. The van der Waals surface area contributed by atoms with Crippen LogP contribution in [-0.2, 0) is 14.9 Å². The summed E-state index contributed by atoms with van der Waals surface area (Å²) in [5.74, 6) is 0.823. The van der Waals surface area contributed by atoms with E-state index in [-0.39, 0.29) is 12.6 Å². The summed E-state index contributed by atoms with van der Waals surface area (Å²) in [6, 6.07) is 5.67. The number of nitrogens with zero attached hydrogens (tertiary/aromatic N) is 4. The summed E-state index contributed by atoms with van der Waals surface area (Å²) in [6.45, 7) is 1.01. The zero-order valence-corrected chi connectivity index (χ0v) is 13.7. The standard InChI is InChI=1S/C13H22N4O3S/c1-15(2)13-7-5-6-11(14-13)12-10-17(8-9-20-12)21(18,19)16(3)4/h5-7,12H,8-10H2,1-4H3. The Morgan fingerprint density at radius 2 is 2.00 bits per heavy atom. The molecular formula is C13H22N4O3S. The predicted molar refractivity (Wildman–Crippen MR) is 81.4 cm³/mol. The maximum absolute atomic E-state index is 12.2. The van der Waals surface area contributed by atoms with Crippen molar-refractivity contribution in [3.8, 4) is 0 Å². The Morgan fingerprint density at radius 3 is 2.62 bits per heavy atom. The van der Waals surface area contributed by atoms with Gasteiger partial charge in [-0.15, -0.1) is 0 Å². The van der Waals surface area contributed by atoms with Gasteiger partial charge in [0.15, 0.2) is 0 Å². The number of rotatable bonds is 4. The van der Waals surface area contributed by atoms with Gasteiger partial charge in [-0.25, -0.2) is 4.98 Å². The van der Waals surface area contributed by atoms with Gasteiger partial charge in [-0.05, 0) is 12.1 Å². The molecule has 1 fully saturated rings. The third-order valence-electron chi connectivity index (χ3n) is 3.36. The van der Waals surface area contributed by atoms with E-state index in [1.54, 1.807) is 0 Å². The first kappa shape index (κ1) is 16.2. The maximum Gasteiger partial charge on any atom is 0.281 e. The first-order chi connectivity index (χ1) is 9.82. The number of hydrogen-bond acceptors (Lipinski definition) is 5. The topological polar surface area (TPSA) is 66.0 Å². The second kappa shape index (κ2) is 6.27. The SMILES string of the molecule is CN(C)c1cccc(C2CN(S(=O)(=O)N(C)C)CCO2)n1. The van der Waals surface area contributed by atoms with Gasteiger partial charge in [-0.2, -0.15) is 17.0 Å². The minimum absolute atomic E-state index is 0.282. The molecule has 0 bridgehead atoms. The number of hydrogen-bond donors (Lipinski definition) is 0. The average Bonchev–Trinajstić information content (AvgIpc) is 2.47. The number of ether oxygens (including phenoxy) is 1. The molecule has 8 heteroatoms. The van der Waals surface area contributed by atoms with Crippen molar-refractivity contribution in [1.82, 2.24) is 13.6 Å². The summed E-state index contributed by atoms with van der Waals surface area (Å²) in [5.41, 5.74) is 0.750. The highest BCUT2D eigenvalue weighted by Crippen LogP contribution is 2.24. The number of pyridine rings is 1. The molecule has 2 heterocycles. The van der Waals surface area contributed by atoms with Crippen molar-refractivity contribution in [3.63, 3.8) is 0 Å². The van der Waals surface area contributed by atoms with Crippen molar-refractivity contribution >= 4 is 16.0 Å². The number of anilines is 1. The highest BCUT2D eigenvalue weighted by Gasteiger charge is 2.32. The van der Waals surface area contributed by atoms with Crippen LogP contribution in [0.5, 0.6) is 0 Å². The summed E-state index contributed by atoms with van der Waals surface area (Å²) in [6.07, 6.45) is -0.339. The molecule has 1 aromatic rings. The van der Waals surface area contributed by atoms with Crippen LogP contribution in [0, 0.1) is 0 Å². The van der Waals surface area contributed by atoms with Gasteiger partial charge in [0.2, 0.25) is 0 Å². The normalized spacial score (nSPS) is 20.7. The molecule has 0 aromatic carbocycles. The summed E-state index contributed by atoms with van der Waals surface area (Å²) in [4.78, 5) is 6.43. The second-order valence-electron chi connectivity index (χ2n) is 5.32. The lowest BCUT2D eigenvalue weighted by Crippen LogP contribution is -2.47. The number of aromatic nitrogens is 1. The molecule has 1 saturated heterocycles. The zero-order valence-electron chi connectivity index (χ0n) is 12.9. The van der Waals surface area contributed by atoms with Crippen molar-refractivity contribution in [2.45, 2.75) is 6.10 Å². The highest BCUT2D eigenvalue weighted by atomic mass is 32.2. The first-order valence-corrected chi connectivity index (χ1v) is 8.15. The molecule has 0 aliphatic carbocycles. The van der Waals surface area contributed by atoms with Crippen LogP contribution < -0.4 is 4.90 Å². The van der Waals surface area contributed by atoms with Crippen molar-refractivity contribution in [2.24, 2.45) is 0 Å². The van der Waals surface area contributed by atoms with Gasteiger partial charge in [-0.3, -0.25) is 0 Å². The Balaban J connectivity index is 2.20. The Bertz CT molecular complexity index is 589. The minimum Gasteiger partial charge on any atom is -0.369 e. The molecule has 21 heavy (non-hydrogen) atoms. The van der Waals surface area contributed by atoms with Gasteiger partial charge >= 0.3 is 0 Å².